The fourth-order valence-corrected chi connectivity index (χ4v) is 4.08. The molecular weight excluding hydrogens is 418 g/mol. The van der Waals surface area contributed by atoms with Crippen molar-refractivity contribution in [3.05, 3.63) is 55.5 Å². The number of nitrogens with two attached hydrogens (primary N) is 1. The molecule has 33 heavy (non-hydrogen) atoms. The van der Waals surface area contributed by atoms with E-state index in [2.05, 4.69) is 37.4 Å². The molecule has 2 heterocycles. The molecule has 0 unspecified atom stereocenters. The van der Waals surface area contributed by atoms with Crippen LogP contribution in [-0.4, -0.2) is 41.7 Å². The number of benzene rings is 2. The molecule has 0 spiro atoms. The Morgan fingerprint density at radius 3 is 3.03 bits per heavy atom. The third-order valence-corrected chi connectivity index (χ3v) is 5.62. The molecule has 4 rings (SSSR count). The van der Waals surface area contributed by atoms with Crippen LogP contribution < -0.4 is 31.3 Å². The predicted octanol–water partition coefficient (Wildman–Crippen LogP) is 3.96. The van der Waals surface area contributed by atoms with Crippen molar-refractivity contribution in [3.63, 3.8) is 0 Å². The molecule has 0 bridgehead atoms. The Balaban J connectivity index is 1.52. The molecule has 9 nitrogen and oxygen atoms in total. The zero-order valence-corrected chi connectivity index (χ0v) is 18.7. The minimum atomic E-state index is -0.232. The van der Waals surface area contributed by atoms with E-state index in [1.165, 1.54) is 6.33 Å². The maximum Gasteiger partial charge on any atom is 0.319 e. The van der Waals surface area contributed by atoms with Crippen molar-refractivity contribution in [2.24, 2.45) is 0 Å². The van der Waals surface area contributed by atoms with E-state index in [0.717, 1.165) is 35.9 Å². The van der Waals surface area contributed by atoms with Crippen molar-refractivity contribution in [1.29, 1.82) is 0 Å². The number of carbonyl (C=O) groups excluding carboxylic acids is 1. The van der Waals surface area contributed by atoms with Gasteiger partial charge in [0.2, 0.25) is 0 Å². The van der Waals surface area contributed by atoms with Gasteiger partial charge < -0.3 is 31.3 Å². The zero-order chi connectivity index (χ0) is 23.2. The van der Waals surface area contributed by atoms with Gasteiger partial charge in [0.1, 0.15) is 24.4 Å². The highest BCUT2D eigenvalue weighted by Crippen LogP contribution is 2.33. The third kappa shape index (κ3) is 4.92. The van der Waals surface area contributed by atoms with Crippen LogP contribution in [0.1, 0.15) is 19.8 Å². The maximum atomic E-state index is 11.9. The normalized spacial score (nSPS) is 15.3. The standard InChI is InChI=1S/C24H29N7O2/c1-3-26-22-21(25)23(29-15-28-22)31-12-6-8-18(31)14-33-20-9-5-7-16-10-11-17(13-19(16)20)30-24(32)27-4-2/h3,5,7,9-11,13,15,18H,1,4,6,8,12,14,25H2,2H3,(H,26,28,29)(H2,27,30,32)/t18-/m1/s1. The lowest BCUT2D eigenvalue weighted by atomic mass is 10.1. The zero-order valence-electron chi connectivity index (χ0n) is 18.7. The van der Waals surface area contributed by atoms with E-state index in [-0.39, 0.29) is 12.1 Å². The smallest absolute Gasteiger partial charge is 0.319 e. The Labute approximate surface area is 193 Å². The molecule has 1 fully saturated rings. The van der Waals surface area contributed by atoms with Crippen LogP contribution in [0.25, 0.3) is 10.8 Å². The largest absolute Gasteiger partial charge is 0.491 e. The second kappa shape index (κ2) is 10.1. The number of aromatic nitrogens is 2. The maximum absolute atomic E-state index is 11.9. The average Bonchev–Trinajstić information content (AvgIpc) is 3.27. The van der Waals surface area contributed by atoms with Crippen molar-refractivity contribution in [2.45, 2.75) is 25.8 Å². The Morgan fingerprint density at radius 2 is 2.21 bits per heavy atom. The van der Waals surface area contributed by atoms with Crippen molar-refractivity contribution in [2.75, 3.05) is 41.0 Å². The number of nitrogens with one attached hydrogen (secondary N) is 3. The Bertz CT molecular complexity index is 1150. The highest BCUT2D eigenvalue weighted by molar-refractivity contribution is 5.95. The van der Waals surface area contributed by atoms with E-state index in [4.69, 9.17) is 10.5 Å². The molecule has 1 aliphatic heterocycles. The SMILES string of the molecule is C=CNc1ncnc(N2CCC[C@@H]2COc2cccc3ccc(NC(=O)NCC)cc23)c1N. The van der Waals surface area contributed by atoms with E-state index in [9.17, 15) is 4.79 Å². The van der Waals surface area contributed by atoms with Gasteiger partial charge in [0.25, 0.3) is 0 Å². The molecule has 0 aliphatic carbocycles. The number of nitrogens with zero attached hydrogens (tertiary/aromatic N) is 3. The van der Waals surface area contributed by atoms with Crippen molar-refractivity contribution in [1.82, 2.24) is 15.3 Å². The van der Waals surface area contributed by atoms with E-state index in [0.29, 0.717) is 36.2 Å². The highest BCUT2D eigenvalue weighted by atomic mass is 16.5. The monoisotopic (exact) mass is 447 g/mol. The van der Waals surface area contributed by atoms with Gasteiger partial charge in [-0.1, -0.05) is 24.8 Å². The number of urea groups is 1. The third-order valence-electron chi connectivity index (χ3n) is 5.62. The average molecular weight is 448 g/mol. The summed E-state index contributed by atoms with van der Waals surface area (Å²) in [4.78, 5) is 22.7. The second-order valence-corrected chi connectivity index (χ2v) is 7.78. The number of ether oxygens (including phenoxy) is 1. The minimum Gasteiger partial charge on any atom is -0.491 e. The summed E-state index contributed by atoms with van der Waals surface area (Å²) in [5.74, 6) is 2.01. The summed E-state index contributed by atoms with van der Waals surface area (Å²) in [6, 6.07) is 11.6. The van der Waals surface area contributed by atoms with Crippen LogP contribution in [0.4, 0.5) is 27.8 Å². The number of carbonyl (C=O) groups is 1. The lowest BCUT2D eigenvalue weighted by molar-refractivity contribution is 0.252. The topological polar surface area (TPSA) is 117 Å². The minimum absolute atomic E-state index is 0.130. The summed E-state index contributed by atoms with van der Waals surface area (Å²) in [6.07, 6.45) is 5.05. The number of fused-ring (bicyclic) bond motifs is 1. The molecule has 0 saturated carbocycles. The van der Waals surface area contributed by atoms with E-state index >= 15 is 0 Å². The molecule has 9 heteroatoms. The molecule has 1 saturated heterocycles. The van der Waals surface area contributed by atoms with Crippen LogP contribution in [0.2, 0.25) is 0 Å². The van der Waals surface area contributed by atoms with Gasteiger partial charge in [0.15, 0.2) is 11.6 Å². The van der Waals surface area contributed by atoms with Crippen LogP contribution >= 0.6 is 0 Å². The first kappa shape index (κ1) is 22.2. The van der Waals surface area contributed by atoms with Gasteiger partial charge in [-0.15, -0.1) is 0 Å². The van der Waals surface area contributed by atoms with Crippen LogP contribution in [0, 0.1) is 0 Å². The quantitative estimate of drug-likeness (QED) is 0.413. The predicted molar refractivity (Wildman–Crippen MR) is 133 cm³/mol. The molecule has 1 aromatic heterocycles. The fraction of sp³-hybridized carbons (Fsp3) is 0.292. The summed E-state index contributed by atoms with van der Waals surface area (Å²) in [6.45, 7) is 7.45. The molecule has 3 aromatic rings. The van der Waals surface area contributed by atoms with Crippen molar-refractivity contribution < 1.29 is 9.53 Å². The van der Waals surface area contributed by atoms with Gasteiger partial charge in [-0.3, -0.25) is 0 Å². The Kier molecular flexibility index (Phi) is 6.77. The number of nitrogen functional groups attached to an aromatic ring is 1. The molecule has 2 aromatic carbocycles. The number of amides is 2. The van der Waals surface area contributed by atoms with E-state index in [1.807, 2.05) is 43.3 Å². The molecular formula is C24H29N7O2. The molecule has 2 amide bonds. The fourth-order valence-electron chi connectivity index (χ4n) is 4.08. The van der Waals surface area contributed by atoms with Gasteiger partial charge in [0.05, 0.1) is 6.04 Å². The summed E-state index contributed by atoms with van der Waals surface area (Å²) in [5.41, 5.74) is 7.52. The summed E-state index contributed by atoms with van der Waals surface area (Å²) >= 11 is 0. The molecule has 1 atom stereocenters. The first-order valence-electron chi connectivity index (χ1n) is 11.1. The van der Waals surface area contributed by atoms with Crippen LogP contribution in [-0.2, 0) is 0 Å². The van der Waals surface area contributed by atoms with Gasteiger partial charge in [-0.25, -0.2) is 14.8 Å². The number of hydrogen-bond acceptors (Lipinski definition) is 7. The summed E-state index contributed by atoms with van der Waals surface area (Å²) < 4.78 is 6.29. The molecule has 5 N–H and O–H groups in total. The van der Waals surface area contributed by atoms with Gasteiger partial charge >= 0.3 is 6.03 Å². The van der Waals surface area contributed by atoms with Gasteiger partial charge in [0, 0.05) is 24.2 Å². The number of hydrogen-bond donors (Lipinski definition) is 4. The highest BCUT2D eigenvalue weighted by Gasteiger charge is 2.28. The van der Waals surface area contributed by atoms with Crippen LogP contribution in [0.3, 0.4) is 0 Å². The summed E-state index contributed by atoms with van der Waals surface area (Å²) in [5, 5.41) is 10.5. The Hall–Kier alpha value is -4.01. The lowest BCUT2D eigenvalue weighted by Gasteiger charge is -2.27. The van der Waals surface area contributed by atoms with Crippen molar-refractivity contribution in [3.8, 4) is 5.75 Å². The molecule has 1 aliphatic rings. The lowest BCUT2D eigenvalue weighted by Crippen LogP contribution is -2.35. The first-order valence-corrected chi connectivity index (χ1v) is 11.1. The number of anilines is 4. The van der Waals surface area contributed by atoms with Gasteiger partial charge in [-0.2, -0.15) is 0 Å². The number of rotatable bonds is 8. The first-order chi connectivity index (χ1) is 16.1. The van der Waals surface area contributed by atoms with E-state index in [1.54, 1.807) is 6.20 Å². The van der Waals surface area contributed by atoms with Crippen LogP contribution in [0.15, 0.2) is 55.5 Å². The molecule has 172 valence electrons. The Morgan fingerprint density at radius 1 is 1.33 bits per heavy atom. The van der Waals surface area contributed by atoms with Gasteiger partial charge in [-0.05, 0) is 49.6 Å². The summed E-state index contributed by atoms with van der Waals surface area (Å²) in [7, 11) is 0. The van der Waals surface area contributed by atoms with Crippen molar-refractivity contribution >= 4 is 39.8 Å². The second-order valence-electron chi connectivity index (χ2n) is 7.78. The van der Waals surface area contributed by atoms with Crippen LogP contribution in [0.5, 0.6) is 5.75 Å². The molecule has 0 radical (unpaired) electrons. The van der Waals surface area contributed by atoms with E-state index < -0.39 is 0 Å².